The van der Waals surface area contributed by atoms with Crippen LogP contribution in [0.15, 0.2) is 60.8 Å². The van der Waals surface area contributed by atoms with E-state index in [0.717, 1.165) is 48.8 Å². The van der Waals surface area contributed by atoms with Crippen LogP contribution in [0.3, 0.4) is 0 Å². The quantitative estimate of drug-likeness (QED) is 0.558. The van der Waals surface area contributed by atoms with Crippen LogP contribution >= 0.6 is 0 Å². The van der Waals surface area contributed by atoms with Crippen molar-refractivity contribution >= 4 is 23.1 Å². The molecule has 1 amide bonds. The smallest absolute Gasteiger partial charge is 0.224 e. The molecular formula is C26H30FN5O. The molecule has 172 valence electrons. The number of para-hydroxylation sites is 1. The number of aryl methyl sites for hydroxylation is 1. The van der Waals surface area contributed by atoms with Crippen molar-refractivity contribution in [2.45, 2.75) is 32.1 Å². The number of carbonyl (C=O) groups excluding carboxylic acids is 1. The Bertz CT molecular complexity index is 1080. The number of aromatic nitrogens is 2. The summed E-state index contributed by atoms with van der Waals surface area (Å²) in [6.07, 6.45) is 4.01. The highest BCUT2D eigenvalue weighted by Crippen LogP contribution is 2.28. The second kappa shape index (κ2) is 10.4. The van der Waals surface area contributed by atoms with Crippen LogP contribution in [-0.4, -0.2) is 47.5 Å². The second-order valence-electron chi connectivity index (χ2n) is 8.54. The van der Waals surface area contributed by atoms with E-state index >= 15 is 0 Å². The molecule has 6 nitrogen and oxygen atoms in total. The Kier molecular flexibility index (Phi) is 7.17. The van der Waals surface area contributed by atoms with Gasteiger partial charge in [-0.15, -0.1) is 0 Å². The Hall–Kier alpha value is -3.48. The molecule has 0 aliphatic carbocycles. The minimum Gasteiger partial charge on any atom is -0.372 e. The van der Waals surface area contributed by atoms with E-state index in [0.29, 0.717) is 24.6 Å². The molecule has 0 bridgehead atoms. The van der Waals surface area contributed by atoms with Crippen LogP contribution in [0, 0.1) is 12.7 Å². The van der Waals surface area contributed by atoms with E-state index < -0.39 is 0 Å². The number of amides is 1. The van der Waals surface area contributed by atoms with Gasteiger partial charge in [0, 0.05) is 50.4 Å². The minimum atomic E-state index is -0.267. The first-order valence-corrected chi connectivity index (χ1v) is 11.4. The van der Waals surface area contributed by atoms with Gasteiger partial charge in [0.2, 0.25) is 5.91 Å². The van der Waals surface area contributed by atoms with Gasteiger partial charge in [-0.1, -0.05) is 18.2 Å². The summed E-state index contributed by atoms with van der Waals surface area (Å²) in [5.41, 5.74) is 3.45. The summed E-state index contributed by atoms with van der Waals surface area (Å²) in [6, 6.07) is 16.6. The number of hydrogen-bond donors (Lipinski definition) is 1. The van der Waals surface area contributed by atoms with Crippen LogP contribution in [0.25, 0.3) is 0 Å². The first-order chi connectivity index (χ1) is 16.0. The zero-order valence-electron chi connectivity index (χ0n) is 19.2. The summed E-state index contributed by atoms with van der Waals surface area (Å²) in [6.45, 7) is 3.90. The van der Waals surface area contributed by atoms with E-state index in [9.17, 15) is 9.18 Å². The third-order valence-electron chi connectivity index (χ3n) is 6.14. The van der Waals surface area contributed by atoms with Crippen molar-refractivity contribution in [3.05, 3.63) is 78.0 Å². The van der Waals surface area contributed by atoms with Crippen LogP contribution in [0.1, 0.15) is 36.6 Å². The molecule has 0 atom stereocenters. The van der Waals surface area contributed by atoms with Gasteiger partial charge in [0.1, 0.15) is 11.6 Å². The van der Waals surface area contributed by atoms with Crippen molar-refractivity contribution in [2.75, 3.05) is 36.9 Å². The Labute approximate surface area is 194 Å². The number of piperidine rings is 1. The highest BCUT2D eigenvalue weighted by Gasteiger charge is 2.24. The third-order valence-corrected chi connectivity index (χ3v) is 6.14. The van der Waals surface area contributed by atoms with Crippen LogP contribution in [0.5, 0.6) is 0 Å². The van der Waals surface area contributed by atoms with Crippen molar-refractivity contribution in [1.29, 1.82) is 0 Å². The van der Waals surface area contributed by atoms with Gasteiger partial charge < -0.3 is 15.1 Å². The number of benzene rings is 1. The first kappa shape index (κ1) is 22.7. The van der Waals surface area contributed by atoms with Crippen LogP contribution in [-0.2, 0) is 4.79 Å². The maximum absolute atomic E-state index is 13.9. The van der Waals surface area contributed by atoms with E-state index in [1.165, 1.54) is 6.07 Å². The molecule has 0 spiro atoms. The van der Waals surface area contributed by atoms with E-state index in [2.05, 4.69) is 21.4 Å². The number of rotatable bonds is 7. The Morgan fingerprint density at radius 1 is 1.12 bits per heavy atom. The fourth-order valence-corrected chi connectivity index (χ4v) is 4.21. The monoisotopic (exact) mass is 447 g/mol. The molecule has 1 fully saturated rings. The number of halogens is 1. The average Bonchev–Trinajstić information content (AvgIpc) is 2.83. The van der Waals surface area contributed by atoms with Gasteiger partial charge in [0.05, 0.1) is 17.6 Å². The highest BCUT2D eigenvalue weighted by atomic mass is 19.1. The van der Waals surface area contributed by atoms with Crippen molar-refractivity contribution in [1.82, 2.24) is 14.9 Å². The number of hydrogen-bond acceptors (Lipinski definition) is 5. The molecule has 0 unspecified atom stereocenters. The molecule has 1 saturated heterocycles. The number of carbonyl (C=O) groups is 1. The maximum atomic E-state index is 13.9. The molecule has 3 heterocycles. The van der Waals surface area contributed by atoms with E-state index in [1.54, 1.807) is 23.1 Å². The summed E-state index contributed by atoms with van der Waals surface area (Å²) >= 11 is 0. The molecule has 1 N–H and O–H groups in total. The van der Waals surface area contributed by atoms with Crippen molar-refractivity contribution < 1.29 is 9.18 Å². The summed E-state index contributed by atoms with van der Waals surface area (Å²) in [7, 11) is 1.82. The molecule has 2 aromatic heterocycles. The highest BCUT2D eigenvalue weighted by molar-refractivity contribution is 5.77. The maximum Gasteiger partial charge on any atom is 0.224 e. The molecule has 0 saturated carbocycles. The summed E-state index contributed by atoms with van der Waals surface area (Å²) in [4.78, 5) is 25.5. The Morgan fingerprint density at radius 2 is 1.91 bits per heavy atom. The molecule has 7 heteroatoms. The lowest BCUT2D eigenvalue weighted by atomic mass is 9.93. The van der Waals surface area contributed by atoms with Crippen LogP contribution in [0.4, 0.5) is 21.6 Å². The molecule has 4 rings (SSSR count). The lowest BCUT2D eigenvalue weighted by Gasteiger charge is -2.32. The molecule has 1 aliphatic rings. The van der Waals surface area contributed by atoms with E-state index in [4.69, 9.17) is 0 Å². The van der Waals surface area contributed by atoms with Crippen LogP contribution < -0.4 is 10.2 Å². The first-order valence-electron chi connectivity index (χ1n) is 11.4. The van der Waals surface area contributed by atoms with Gasteiger partial charge in [0.15, 0.2) is 0 Å². The predicted molar refractivity (Wildman–Crippen MR) is 129 cm³/mol. The molecule has 0 radical (unpaired) electrons. The predicted octanol–water partition coefficient (Wildman–Crippen LogP) is 4.90. The lowest BCUT2D eigenvalue weighted by molar-refractivity contribution is -0.132. The SMILES string of the molecule is Cc1cccc(Nc2ccc(C3CCN(C(=O)CCN(C)c4ccccc4F)CC3)nc2)n1. The zero-order chi connectivity index (χ0) is 23.2. The van der Waals surface area contributed by atoms with Crippen LogP contribution in [0.2, 0.25) is 0 Å². The molecule has 1 aliphatic heterocycles. The Balaban J connectivity index is 1.25. The zero-order valence-corrected chi connectivity index (χ0v) is 19.2. The van der Waals surface area contributed by atoms with E-state index in [-0.39, 0.29) is 11.7 Å². The molecule has 1 aromatic carbocycles. The minimum absolute atomic E-state index is 0.120. The van der Waals surface area contributed by atoms with Crippen molar-refractivity contribution in [3.8, 4) is 0 Å². The number of pyridine rings is 2. The topological polar surface area (TPSA) is 61.4 Å². The molecule has 3 aromatic rings. The summed E-state index contributed by atoms with van der Waals surface area (Å²) in [5, 5.41) is 3.28. The fourth-order valence-electron chi connectivity index (χ4n) is 4.21. The molecule has 33 heavy (non-hydrogen) atoms. The van der Waals surface area contributed by atoms with Gasteiger partial charge in [0.25, 0.3) is 0 Å². The van der Waals surface area contributed by atoms with E-state index in [1.807, 2.05) is 49.3 Å². The fraction of sp³-hybridized carbons (Fsp3) is 0.346. The van der Waals surface area contributed by atoms with Gasteiger partial charge in [-0.3, -0.25) is 9.78 Å². The van der Waals surface area contributed by atoms with Gasteiger partial charge >= 0.3 is 0 Å². The standard InChI is InChI=1S/C26H30FN5O/c1-19-6-5-9-25(29-19)30-21-10-11-23(28-18-21)20-12-16-32(17-13-20)26(33)14-15-31(2)24-8-4-3-7-22(24)27/h3-11,18,20H,12-17H2,1-2H3,(H,29,30). The number of nitrogens with one attached hydrogen (secondary N) is 1. The largest absolute Gasteiger partial charge is 0.372 e. The van der Waals surface area contributed by atoms with Crippen molar-refractivity contribution in [2.24, 2.45) is 0 Å². The normalized spacial score (nSPS) is 14.2. The Morgan fingerprint density at radius 3 is 2.61 bits per heavy atom. The van der Waals surface area contributed by atoms with Gasteiger partial charge in [-0.25, -0.2) is 9.37 Å². The number of anilines is 3. The van der Waals surface area contributed by atoms with Gasteiger partial charge in [-0.05, 0) is 56.2 Å². The third kappa shape index (κ3) is 5.86. The summed E-state index contributed by atoms with van der Waals surface area (Å²) in [5.74, 6) is 1.00. The van der Waals surface area contributed by atoms with Gasteiger partial charge in [-0.2, -0.15) is 0 Å². The lowest BCUT2D eigenvalue weighted by Crippen LogP contribution is -2.39. The number of likely N-dealkylation sites (tertiary alicyclic amines) is 1. The molecular weight excluding hydrogens is 417 g/mol. The number of nitrogens with zero attached hydrogens (tertiary/aromatic N) is 4. The summed E-state index contributed by atoms with van der Waals surface area (Å²) < 4.78 is 13.9. The van der Waals surface area contributed by atoms with Crippen molar-refractivity contribution in [3.63, 3.8) is 0 Å². The average molecular weight is 448 g/mol. The second-order valence-corrected chi connectivity index (χ2v) is 8.54.